The third-order valence-electron chi connectivity index (χ3n) is 8.16. The van der Waals surface area contributed by atoms with Crippen LogP contribution in [0.4, 0.5) is 0 Å². The van der Waals surface area contributed by atoms with Crippen molar-refractivity contribution in [1.29, 1.82) is 0 Å². The van der Waals surface area contributed by atoms with Crippen molar-refractivity contribution in [3.8, 4) is 0 Å². The van der Waals surface area contributed by atoms with E-state index in [9.17, 15) is 0 Å². The molecule has 0 aromatic carbocycles. The van der Waals surface area contributed by atoms with Gasteiger partial charge in [-0.2, -0.15) is 0 Å². The van der Waals surface area contributed by atoms with Crippen molar-refractivity contribution in [1.82, 2.24) is 9.80 Å². The Kier molecular flexibility index (Phi) is 36.4. The van der Waals surface area contributed by atoms with Crippen LogP contribution >= 0.6 is 67.6 Å². The summed E-state index contributed by atoms with van der Waals surface area (Å²) in [6.07, 6.45) is 30.7. The average molecular weight is 725 g/mol. The lowest BCUT2D eigenvalue weighted by atomic mass is 10.0. The van der Waals surface area contributed by atoms with Crippen molar-refractivity contribution in [2.45, 2.75) is 188 Å². The van der Waals surface area contributed by atoms with Gasteiger partial charge in [0.25, 0.3) is 0 Å². The monoisotopic (exact) mass is 724 g/mol. The summed E-state index contributed by atoms with van der Waals surface area (Å²) < 4.78 is 2.24. The maximum absolute atomic E-state index is 5.94. The Morgan fingerprint density at radius 1 is 0.455 bits per heavy atom. The van der Waals surface area contributed by atoms with Crippen molar-refractivity contribution in [3.05, 3.63) is 0 Å². The van der Waals surface area contributed by atoms with E-state index in [2.05, 4.69) is 55.2 Å². The number of hydrogen-bond acceptors (Lipinski definition) is 6. The summed E-state index contributed by atoms with van der Waals surface area (Å²) in [6, 6.07) is 0. The highest BCUT2D eigenvalue weighted by Gasteiger charge is 2.15. The van der Waals surface area contributed by atoms with Crippen molar-refractivity contribution in [2.75, 3.05) is 31.9 Å². The summed E-state index contributed by atoms with van der Waals surface area (Å²) in [4.78, 5) is 4.93. The van der Waals surface area contributed by atoms with Crippen LogP contribution in [-0.4, -0.2) is 55.6 Å². The van der Waals surface area contributed by atoms with Crippen LogP contribution in [-0.2, 0) is 0 Å². The third-order valence-corrected chi connectivity index (χ3v) is 14.9. The largest absolute Gasteiger partial charge is 0.357 e. The maximum atomic E-state index is 5.94. The number of thiocarbonyl (C=S) groups is 2. The molecule has 0 spiro atoms. The Morgan fingerprint density at radius 2 is 0.818 bits per heavy atom. The van der Waals surface area contributed by atoms with Gasteiger partial charge in [-0.05, 0) is 66.5 Å². The minimum atomic E-state index is 0.754. The maximum Gasteiger partial charge on any atom is 0.147 e. The summed E-state index contributed by atoms with van der Waals surface area (Å²) >= 11 is 11.7. The van der Waals surface area contributed by atoms with E-state index < -0.39 is 0 Å². The van der Waals surface area contributed by atoms with Gasteiger partial charge in [-0.25, -0.2) is 0 Å². The second-order valence-electron chi connectivity index (χ2n) is 12.4. The van der Waals surface area contributed by atoms with E-state index in [1.807, 2.05) is 32.4 Å². The number of nitrogens with zero attached hydrogens (tertiary/aromatic N) is 2. The van der Waals surface area contributed by atoms with E-state index in [4.69, 9.17) is 24.4 Å². The lowest BCUT2D eigenvalue weighted by Gasteiger charge is -2.25. The topological polar surface area (TPSA) is 6.48 Å². The van der Waals surface area contributed by atoms with Gasteiger partial charge in [0.15, 0.2) is 0 Å². The van der Waals surface area contributed by atoms with E-state index in [0.717, 1.165) is 40.1 Å². The summed E-state index contributed by atoms with van der Waals surface area (Å²) in [5.41, 5.74) is 0. The second-order valence-corrected chi connectivity index (χ2v) is 18.6. The van der Waals surface area contributed by atoms with Gasteiger partial charge in [-0.15, -0.1) is 0 Å². The molecule has 0 heterocycles. The SMILES string of the molecule is CCCCCCCCC(CCCCCCCCCSSC(=S)N(CCCC)CCCC)SSC(=S)N(CCCC)CCCC. The number of rotatable bonds is 32. The molecule has 0 N–H and O–H groups in total. The fourth-order valence-electron chi connectivity index (χ4n) is 5.10. The summed E-state index contributed by atoms with van der Waals surface area (Å²) in [7, 11) is 7.84. The first kappa shape index (κ1) is 45.2. The first-order chi connectivity index (χ1) is 21.5. The number of unbranched alkanes of at least 4 members (excludes halogenated alkanes) is 15. The molecule has 1 unspecified atom stereocenters. The molecule has 0 bridgehead atoms. The van der Waals surface area contributed by atoms with Gasteiger partial charge in [0.1, 0.15) is 8.64 Å². The smallest absolute Gasteiger partial charge is 0.147 e. The molecule has 2 nitrogen and oxygen atoms in total. The average Bonchev–Trinajstić information content (AvgIpc) is 3.03. The zero-order chi connectivity index (χ0) is 32.5. The molecule has 1 atom stereocenters. The molecule has 0 aliphatic heterocycles. The molecule has 0 aliphatic carbocycles. The molecular weight excluding hydrogens is 653 g/mol. The summed E-state index contributed by atoms with van der Waals surface area (Å²) in [5.74, 6) is 1.23. The van der Waals surface area contributed by atoms with Crippen molar-refractivity contribution in [2.24, 2.45) is 0 Å². The molecule has 0 saturated carbocycles. The Hall–Kier alpha value is 1.18. The molecule has 44 heavy (non-hydrogen) atoms. The summed E-state index contributed by atoms with van der Waals surface area (Å²) in [6.45, 7) is 15.9. The number of hydrogen-bond donors (Lipinski definition) is 0. The van der Waals surface area contributed by atoms with E-state index in [-0.39, 0.29) is 0 Å². The van der Waals surface area contributed by atoms with Gasteiger partial charge in [-0.1, -0.05) is 183 Å². The van der Waals surface area contributed by atoms with Crippen molar-refractivity contribution >= 4 is 76.3 Å². The lowest BCUT2D eigenvalue weighted by Crippen LogP contribution is -2.29. The van der Waals surface area contributed by atoms with Gasteiger partial charge in [0.05, 0.1) is 0 Å². The predicted octanol–water partition coefficient (Wildman–Crippen LogP) is 14.4. The van der Waals surface area contributed by atoms with Crippen LogP contribution < -0.4 is 0 Å². The van der Waals surface area contributed by atoms with E-state index >= 15 is 0 Å². The zero-order valence-corrected chi connectivity index (χ0v) is 34.6. The first-order valence-corrected chi connectivity index (χ1v) is 24.1. The molecule has 0 aromatic rings. The van der Waals surface area contributed by atoms with Gasteiger partial charge in [0.2, 0.25) is 0 Å². The fourth-order valence-corrected chi connectivity index (χ4v) is 10.9. The predicted molar refractivity (Wildman–Crippen MR) is 222 cm³/mol. The minimum Gasteiger partial charge on any atom is -0.357 e. The third kappa shape index (κ3) is 28.2. The van der Waals surface area contributed by atoms with E-state index in [1.54, 1.807) is 0 Å². The van der Waals surface area contributed by atoms with Crippen LogP contribution in [0, 0.1) is 0 Å². The van der Waals surface area contributed by atoms with Crippen molar-refractivity contribution in [3.63, 3.8) is 0 Å². The summed E-state index contributed by atoms with van der Waals surface area (Å²) in [5, 5.41) is 0.754. The molecular formula is C36H72N2S6. The fraction of sp³-hybridized carbons (Fsp3) is 0.944. The highest BCUT2D eigenvalue weighted by molar-refractivity contribution is 8.84. The van der Waals surface area contributed by atoms with E-state index in [1.165, 1.54) is 153 Å². The quantitative estimate of drug-likeness (QED) is 0.0379. The molecule has 0 amide bonds. The molecule has 8 heteroatoms. The molecule has 0 aliphatic rings. The molecule has 262 valence electrons. The Balaban J connectivity index is 4.26. The molecule has 0 radical (unpaired) electrons. The second kappa shape index (κ2) is 35.5. The van der Waals surface area contributed by atoms with Crippen LogP contribution in [0.1, 0.15) is 182 Å². The molecule has 0 saturated heterocycles. The highest BCUT2D eigenvalue weighted by atomic mass is 33.1. The molecule has 0 fully saturated rings. The minimum absolute atomic E-state index is 0.754. The van der Waals surface area contributed by atoms with Gasteiger partial charge in [0, 0.05) is 37.2 Å². The first-order valence-electron chi connectivity index (χ1n) is 18.7. The Bertz CT molecular complexity index is 620. The van der Waals surface area contributed by atoms with Crippen LogP contribution in [0.15, 0.2) is 0 Å². The molecule has 0 aromatic heterocycles. The normalized spacial score (nSPS) is 12.0. The zero-order valence-electron chi connectivity index (χ0n) is 29.7. The van der Waals surface area contributed by atoms with Crippen LogP contribution in [0.5, 0.6) is 0 Å². The highest BCUT2D eigenvalue weighted by Crippen LogP contribution is 2.36. The molecule has 0 rings (SSSR count). The Labute approximate surface area is 303 Å². The van der Waals surface area contributed by atoms with Crippen molar-refractivity contribution < 1.29 is 0 Å². The van der Waals surface area contributed by atoms with Crippen LogP contribution in [0.2, 0.25) is 0 Å². The van der Waals surface area contributed by atoms with E-state index in [0.29, 0.717) is 0 Å². The van der Waals surface area contributed by atoms with Gasteiger partial charge < -0.3 is 9.80 Å². The van der Waals surface area contributed by atoms with Gasteiger partial charge in [-0.3, -0.25) is 0 Å². The van der Waals surface area contributed by atoms with Crippen LogP contribution in [0.25, 0.3) is 0 Å². The standard InChI is InChI=1S/C36H72N2S6/c1-6-11-16-17-21-24-27-34(42-44-36(40)38(31-14-9-4)32-15-10-5)28-25-22-19-18-20-23-26-33-41-43-35(39)37(29-12-7-2)30-13-8-3/h34H,6-33H2,1-5H3. The van der Waals surface area contributed by atoms with Gasteiger partial charge >= 0.3 is 0 Å². The van der Waals surface area contributed by atoms with Crippen LogP contribution in [0.3, 0.4) is 0 Å². The lowest BCUT2D eigenvalue weighted by molar-refractivity contribution is 0.411. The Morgan fingerprint density at radius 3 is 1.25 bits per heavy atom.